The Kier molecular flexibility index (Phi) is 6.05. The smallest absolute Gasteiger partial charge is 0.236 e. The Hall–Kier alpha value is -1.30. The van der Waals surface area contributed by atoms with Crippen LogP contribution in [0.1, 0.15) is 53.4 Å². The first kappa shape index (κ1) is 27.7. The monoisotopic (exact) mass is 524 g/mol. The molecular weight excluding hydrogens is 480 g/mol. The van der Waals surface area contributed by atoms with Crippen LogP contribution in [0.3, 0.4) is 0 Å². The lowest BCUT2D eigenvalue weighted by molar-refractivity contribution is -0.334. The summed E-state index contributed by atoms with van der Waals surface area (Å²) in [6, 6.07) is -1.27. The van der Waals surface area contributed by atoms with Crippen LogP contribution in [0.5, 0.6) is 0 Å². The van der Waals surface area contributed by atoms with Gasteiger partial charge in [0.1, 0.15) is 34.7 Å². The second-order valence-electron chi connectivity index (χ2n) is 13.2. The molecule has 7 fully saturated rings. The van der Waals surface area contributed by atoms with Crippen molar-refractivity contribution in [2.75, 3.05) is 14.1 Å². The van der Waals surface area contributed by atoms with E-state index in [4.69, 9.17) is 4.43 Å². The zero-order valence-corrected chi connectivity index (χ0v) is 23.9. The predicted molar refractivity (Wildman–Crippen MR) is 136 cm³/mol. The van der Waals surface area contributed by atoms with Crippen LogP contribution in [-0.2, 0) is 14.0 Å². The molecule has 0 radical (unpaired) electrons. The summed E-state index contributed by atoms with van der Waals surface area (Å²) >= 11 is 0. The van der Waals surface area contributed by atoms with Crippen LogP contribution in [0.15, 0.2) is 12.7 Å². The quantitative estimate of drug-likeness (QED) is 0.319. The Morgan fingerprint density at radius 2 is 1.75 bits per heavy atom. The molecular formula is C26H44N2O7Si. The topological polar surface area (TPSA) is 131 Å². The van der Waals surface area contributed by atoms with E-state index < -0.39 is 72.6 Å². The molecule has 9 atom stereocenters. The van der Waals surface area contributed by atoms with Crippen molar-refractivity contribution in [3.63, 3.8) is 0 Å². The van der Waals surface area contributed by atoms with Gasteiger partial charge < -0.3 is 34.7 Å². The summed E-state index contributed by atoms with van der Waals surface area (Å²) in [7, 11) is 0.518. The largest absolute Gasteiger partial charge is 0.413 e. The van der Waals surface area contributed by atoms with Gasteiger partial charge in [-0.15, -0.1) is 6.58 Å². The summed E-state index contributed by atoms with van der Waals surface area (Å²) in [4.78, 5) is 31.5. The van der Waals surface area contributed by atoms with E-state index in [0.717, 1.165) is 0 Å². The highest BCUT2D eigenvalue weighted by Crippen LogP contribution is 2.67. The van der Waals surface area contributed by atoms with E-state index in [-0.39, 0.29) is 17.9 Å². The molecule has 5 heterocycles. The molecule has 7 rings (SSSR count). The minimum absolute atomic E-state index is 0.128. The molecule has 204 valence electrons. The van der Waals surface area contributed by atoms with Crippen LogP contribution in [-0.4, -0.2) is 106 Å². The van der Waals surface area contributed by atoms with Crippen molar-refractivity contribution in [3.05, 3.63) is 12.7 Å². The van der Waals surface area contributed by atoms with Gasteiger partial charge in [-0.05, 0) is 50.7 Å². The number of rotatable bonds is 4. The van der Waals surface area contributed by atoms with Crippen LogP contribution in [0, 0.1) is 10.8 Å². The summed E-state index contributed by atoms with van der Waals surface area (Å²) < 4.78 is 6.86. The molecule has 2 amide bonds. The first-order chi connectivity index (χ1) is 16.4. The molecule has 0 aromatic carbocycles. The van der Waals surface area contributed by atoms with Crippen molar-refractivity contribution in [2.45, 2.75) is 113 Å². The molecule has 2 unspecified atom stereocenters. The summed E-state index contributed by atoms with van der Waals surface area (Å²) in [5.74, 6) is -0.955. The lowest BCUT2D eigenvalue weighted by atomic mass is 9.40. The first-order valence-electron chi connectivity index (χ1n) is 13.0. The van der Waals surface area contributed by atoms with Gasteiger partial charge in [-0.1, -0.05) is 26.8 Å². The van der Waals surface area contributed by atoms with Crippen LogP contribution in [0.4, 0.5) is 0 Å². The molecule has 10 heteroatoms. The first-order valence-corrected chi connectivity index (χ1v) is 15.9. The summed E-state index contributed by atoms with van der Waals surface area (Å²) in [6.07, 6.45) is -3.23. The predicted octanol–water partition coefficient (Wildman–Crippen LogP) is 1.01. The van der Waals surface area contributed by atoms with Gasteiger partial charge >= 0.3 is 0 Å². The zero-order valence-electron chi connectivity index (χ0n) is 22.9. The van der Waals surface area contributed by atoms with Gasteiger partial charge in [-0.2, -0.15) is 0 Å². The minimum atomic E-state index is -2.53. The fourth-order valence-electron chi connectivity index (χ4n) is 7.98. The van der Waals surface area contributed by atoms with E-state index in [1.54, 1.807) is 7.05 Å². The molecule has 0 aromatic heterocycles. The fourth-order valence-corrected chi connectivity index (χ4v) is 9.35. The maximum atomic E-state index is 14.6. The van der Waals surface area contributed by atoms with E-state index >= 15 is 0 Å². The minimum Gasteiger partial charge on any atom is -0.413 e. The Morgan fingerprint density at radius 1 is 1.17 bits per heavy atom. The highest BCUT2D eigenvalue weighted by atomic mass is 28.4. The summed E-state index contributed by atoms with van der Waals surface area (Å²) in [6.45, 7) is 15.5. The van der Waals surface area contributed by atoms with Gasteiger partial charge in [0.05, 0.1) is 17.7 Å². The second kappa shape index (κ2) is 7.86. The van der Waals surface area contributed by atoms with Crippen molar-refractivity contribution >= 4 is 20.1 Å². The molecule has 2 aliphatic carbocycles. The highest BCUT2D eigenvalue weighted by molar-refractivity contribution is 6.74. The van der Waals surface area contributed by atoms with Gasteiger partial charge in [0, 0.05) is 14.1 Å². The molecule has 5 aliphatic heterocycles. The van der Waals surface area contributed by atoms with Crippen molar-refractivity contribution < 1.29 is 34.4 Å². The average molecular weight is 525 g/mol. The lowest BCUT2D eigenvalue weighted by Gasteiger charge is -2.76. The van der Waals surface area contributed by atoms with Crippen molar-refractivity contribution in [1.29, 1.82) is 0 Å². The van der Waals surface area contributed by atoms with Crippen molar-refractivity contribution in [1.82, 2.24) is 9.80 Å². The number of amides is 2. The van der Waals surface area contributed by atoms with E-state index in [1.807, 2.05) is 13.1 Å². The lowest BCUT2D eigenvalue weighted by Crippen LogP contribution is -2.95. The number of likely N-dealkylation sites (N-methyl/N-ethyl adjacent to an activating group) is 2. The molecule has 2 spiro atoms. The number of aliphatic hydroxyl groups excluding tert-OH is 3. The number of aliphatic hydroxyl groups is 4. The molecule has 9 nitrogen and oxygen atoms in total. The molecule has 36 heavy (non-hydrogen) atoms. The normalized spacial score (nSPS) is 47.1. The molecule has 2 saturated carbocycles. The number of nitrogens with zero attached hydrogens (tertiary/aromatic N) is 2. The Balaban J connectivity index is 2.11. The van der Waals surface area contributed by atoms with E-state index in [1.165, 1.54) is 29.8 Å². The summed E-state index contributed by atoms with van der Waals surface area (Å²) in [5.41, 5.74) is -7.43. The maximum absolute atomic E-state index is 14.6. The van der Waals surface area contributed by atoms with Gasteiger partial charge in [0.2, 0.25) is 11.8 Å². The molecule has 4 bridgehead atoms. The van der Waals surface area contributed by atoms with Gasteiger partial charge in [-0.3, -0.25) is 9.59 Å². The molecule has 5 saturated heterocycles. The second-order valence-corrected chi connectivity index (χ2v) is 18.0. The van der Waals surface area contributed by atoms with Gasteiger partial charge in [0.25, 0.3) is 0 Å². The summed E-state index contributed by atoms with van der Waals surface area (Å²) in [5, 5.41) is 47.9. The third-order valence-corrected chi connectivity index (χ3v) is 15.4. The highest BCUT2D eigenvalue weighted by Gasteiger charge is 2.86. The standard InChI is InChI=1S/C26H44N2O7Si/c1-10-13-25(34)19(31)24-14-11-12-15(35-36(8,9)22(2,3)4)26(24)18(30)16(29)17(27(6)21(26)33)23(25,5)20(32)28(24)7/h10,15-19,29-31,34H,1,11-14H2,2-9H3/t15-,16-,17?,18-,19+,23?,24-,25+,26+/m1/s1. The third-order valence-electron chi connectivity index (χ3n) is 10.9. The van der Waals surface area contributed by atoms with Gasteiger partial charge in [-0.25, -0.2) is 0 Å². The maximum Gasteiger partial charge on any atom is 0.236 e. The Bertz CT molecular complexity index is 984. The Morgan fingerprint density at radius 3 is 2.28 bits per heavy atom. The molecule has 7 aliphatic rings. The van der Waals surface area contributed by atoms with Crippen LogP contribution >= 0.6 is 0 Å². The van der Waals surface area contributed by atoms with E-state index in [2.05, 4.69) is 27.4 Å². The number of carbonyl (C=O) groups excluding carboxylic acids is 2. The van der Waals surface area contributed by atoms with E-state index in [9.17, 15) is 30.0 Å². The number of piperidine rings is 2. The molecule has 0 aromatic rings. The molecule has 4 N–H and O–H groups in total. The van der Waals surface area contributed by atoms with E-state index in [0.29, 0.717) is 12.8 Å². The number of hydrogen-bond acceptors (Lipinski definition) is 7. The van der Waals surface area contributed by atoms with Gasteiger partial charge in [0.15, 0.2) is 8.32 Å². The van der Waals surface area contributed by atoms with Crippen molar-refractivity contribution in [2.24, 2.45) is 10.8 Å². The van der Waals surface area contributed by atoms with Crippen molar-refractivity contribution in [3.8, 4) is 0 Å². The SMILES string of the molecule is C=CC[C@]1(O)[C@@H](O)[C@]23CCC[C@@H](O[Si](C)(C)C(C)(C)C)[C@]24C(=O)N(C)C([C@@H](O)[C@H]4O)C1(C)C(=O)N3C. The Labute approximate surface area is 215 Å². The number of carbonyl (C=O) groups is 2. The number of hydrogen-bond donors (Lipinski definition) is 4. The fraction of sp³-hybridized carbons (Fsp3) is 0.846. The average Bonchev–Trinajstić information content (AvgIpc) is 2.78. The van der Waals surface area contributed by atoms with Crippen LogP contribution < -0.4 is 0 Å². The van der Waals surface area contributed by atoms with Crippen LogP contribution in [0.2, 0.25) is 18.1 Å². The third kappa shape index (κ3) is 2.73. The van der Waals surface area contributed by atoms with Crippen LogP contribution in [0.25, 0.3) is 0 Å². The zero-order chi connectivity index (χ0) is 27.4.